The molecule has 13 nitrogen and oxygen atoms in total. The Morgan fingerprint density at radius 2 is 1.96 bits per heavy atom. The molecule has 0 radical (unpaired) electrons. The topological polar surface area (TPSA) is 160 Å². The number of hydrogen-bond donors (Lipinski definition) is 1. The van der Waals surface area contributed by atoms with Gasteiger partial charge in [0.1, 0.15) is 41.0 Å². The van der Waals surface area contributed by atoms with Crippen molar-refractivity contribution >= 4 is 28.2 Å². The fourth-order valence-corrected chi connectivity index (χ4v) is 10.2. The van der Waals surface area contributed by atoms with Crippen molar-refractivity contribution in [3.8, 4) is 23.6 Å². The van der Waals surface area contributed by atoms with Gasteiger partial charge in [-0.1, -0.05) is 5.16 Å². The molecule has 0 saturated carbocycles. The molecule has 8 rings (SSSR count). The Morgan fingerprint density at radius 1 is 1.18 bits per heavy atom. The number of ether oxygens (including phenoxy) is 2. The van der Waals surface area contributed by atoms with Crippen LogP contribution in [0.4, 0.5) is 20.0 Å². The number of aromatic nitrogens is 4. The van der Waals surface area contributed by atoms with E-state index in [2.05, 4.69) is 21.0 Å². The maximum atomic E-state index is 14.6. The standard InChI is InChI=1S/C35H44FN9O4S/c1-33(2,3)48-32(46)45-21-8-9-22(45)18-43(17-21)26-13-24(39-31(40-26)47-19-35-11-6-12-44(35)16-20(36)14-35)29-41-30(49-42-29)34(4)10-5-7-25-27(34)23(15-37)28(38)50-25/h13,20-22H,5-12,14,16-19,38H2,1-4H3/t20-,21-,22+,34?,35+/m1/s1. The molecule has 5 atom stereocenters. The van der Waals surface area contributed by atoms with Crippen LogP contribution in [-0.2, 0) is 16.6 Å². The maximum Gasteiger partial charge on any atom is 0.410 e. The van der Waals surface area contributed by atoms with Crippen LogP contribution in [0.25, 0.3) is 11.5 Å². The van der Waals surface area contributed by atoms with Crippen molar-refractivity contribution in [3.05, 3.63) is 28.0 Å². The van der Waals surface area contributed by atoms with Crippen LogP contribution >= 0.6 is 11.3 Å². The van der Waals surface area contributed by atoms with Gasteiger partial charge in [-0.3, -0.25) is 9.80 Å². The molecule has 1 amide bonds. The molecule has 1 aliphatic carbocycles. The second-order valence-electron chi connectivity index (χ2n) is 15.8. The van der Waals surface area contributed by atoms with Crippen LogP contribution in [0.5, 0.6) is 6.01 Å². The van der Waals surface area contributed by atoms with E-state index in [4.69, 9.17) is 34.7 Å². The van der Waals surface area contributed by atoms with E-state index in [1.807, 2.05) is 38.7 Å². The fraction of sp³-hybridized carbons (Fsp3) is 0.657. The molecule has 4 saturated heterocycles. The molecule has 4 aliphatic heterocycles. The molecule has 50 heavy (non-hydrogen) atoms. The van der Waals surface area contributed by atoms with E-state index < -0.39 is 17.2 Å². The van der Waals surface area contributed by atoms with Crippen molar-refractivity contribution < 1.29 is 23.2 Å². The number of nitrogens with two attached hydrogens (primary N) is 1. The van der Waals surface area contributed by atoms with Crippen LogP contribution in [0.1, 0.15) is 94.5 Å². The van der Waals surface area contributed by atoms with Crippen LogP contribution in [-0.4, -0.2) is 98.2 Å². The molecule has 3 aromatic heterocycles. The van der Waals surface area contributed by atoms with Crippen molar-refractivity contribution in [1.82, 2.24) is 29.9 Å². The lowest BCUT2D eigenvalue weighted by molar-refractivity contribution is 0.0122. The van der Waals surface area contributed by atoms with Gasteiger partial charge in [0.2, 0.25) is 11.7 Å². The molecule has 1 unspecified atom stereocenters. The highest BCUT2D eigenvalue weighted by atomic mass is 32.1. The molecule has 0 aromatic carbocycles. The minimum absolute atomic E-state index is 0.0260. The molecule has 7 heterocycles. The Labute approximate surface area is 294 Å². The number of aryl methyl sites for hydroxylation is 1. The SMILES string of the molecule is CC(C)(C)OC(=O)N1[C@@H]2CC[C@H]1CN(c1cc(-c3noc(C4(C)CCCc5sc(N)c(C#N)c54)n3)nc(OC[C@@]34CCCN3C[C@H](F)C4)n1)C2. The second kappa shape index (κ2) is 12.0. The van der Waals surface area contributed by atoms with E-state index in [9.17, 15) is 14.4 Å². The summed E-state index contributed by atoms with van der Waals surface area (Å²) in [6, 6.07) is 4.26. The summed E-state index contributed by atoms with van der Waals surface area (Å²) >= 11 is 1.46. The van der Waals surface area contributed by atoms with E-state index in [0.717, 1.165) is 61.9 Å². The predicted molar refractivity (Wildman–Crippen MR) is 184 cm³/mol. The van der Waals surface area contributed by atoms with E-state index in [0.29, 0.717) is 54.0 Å². The fourth-order valence-electron chi connectivity index (χ4n) is 8.97. The number of rotatable bonds is 6. The lowest BCUT2D eigenvalue weighted by Crippen LogP contribution is -2.57. The van der Waals surface area contributed by atoms with E-state index >= 15 is 0 Å². The summed E-state index contributed by atoms with van der Waals surface area (Å²) in [4.78, 5) is 35.0. The average molecular weight is 706 g/mol. The number of hydrogen-bond acceptors (Lipinski definition) is 13. The Balaban J connectivity index is 1.12. The van der Waals surface area contributed by atoms with Gasteiger partial charge in [0, 0.05) is 42.6 Å². The van der Waals surface area contributed by atoms with Gasteiger partial charge in [-0.25, -0.2) is 9.18 Å². The van der Waals surface area contributed by atoms with Gasteiger partial charge >= 0.3 is 12.1 Å². The van der Waals surface area contributed by atoms with Gasteiger partial charge in [0.15, 0.2) is 0 Å². The molecular weight excluding hydrogens is 662 g/mol. The summed E-state index contributed by atoms with van der Waals surface area (Å²) in [5.41, 5.74) is 6.42. The number of fused-ring (bicyclic) bond motifs is 4. The molecule has 266 valence electrons. The van der Waals surface area contributed by atoms with Crippen molar-refractivity contribution in [2.45, 2.75) is 114 Å². The highest BCUT2D eigenvalue weighted by Crippen LogP contribution is 2.49. The normalized spacial score (nSPS) is 29.2. The van der Waals surface area contributed by atoms with Gasteiger partial charge in [0.25, 0.3) is 0 Å². The highest BCUT2D eigenvalue weighted by molar-refractivity contribution is 7.16. The van der Waals surface area contributed by atoms with Gasteiger partial charge in [0.05, 0.1) is 28.6 Å². The smallest absolute Gasteiger partial charge is 0.410 e. The number of alkyl halides is 1. The molecule has 15 heteroatoms. The third-order valence-electron chi connectivity index (χ3n) is 11.2. The van der Waals surface area contributed by atoms with E-state index in [1.165, 1.54) is 11.3 Å². The first-order valence-corrected chi connectivity index (χ1v) is 18.5. The first kappa shape index (κ1) is 33.1. The van der Waals surface area contributed by atoms with Crippen LogP contribution in [0.3, 0.4) is 0 Å². The first-order valence-electron chi connectivity index (χ1n) is 17.7. The maximum absolute atomic E-state index is 14.6. The predicted octanol–water partition coefficient (Wildman–Crippen LogP) is 5.23. The third-order valence-corrected chi connectivity index (χ3v) is 12.3. The molecule has 3 aromatic rings. The number of nitrogen functional groups attached to an aromatic ring is 1. The summed E-state index contributed by atoms with van der Waals surface area (Å²) < 4.78 is 32.7. The zero-order valence-corrected chi connectivity index (χ0v) is 29.9. The number of nitriles is 1. The Morgan fingerprint density at radius 3 is 2.70 bits per heavy atom. The number of thiophene rings is 1. The number of carbonyl (C=O) groups is 1. The number of halogens is 1. The third kappa shape index (κ3) is 5.64. The summed E-state index contributed by atoms with van der Waals surface area (Å²) in [7, 11) is 0. The van der Waals surface area contributed by atoms with Gasteiger partial charge in [-0.05, 0) is 79.2 Å². The van der Waals surface area contributed by atoms with Crippen molar-refractivity contribution in [2.75, 3.05) is 43.4 Å². The minimum atomic E-state index is -0.877. The zero-order valence-electron chi connectivity index (χ0n) is 29.1. The summed E-state index contributed by atoms with van der Waals surface area (Å²) in [5.74, 6) is 1.32. The van der Waals surface area contributed by atoms with Crippen LogP contribution in [0.15, 0.2) is 10.6 Å². The number of piperazine rings is 1. The number of anilines is 2. The first-order chi connectivity index (χ1) is 23.9. The quantitative estimate of drug-likeness (QED) is 0.357. The molecule has 2 N–H and O–H groups in total. The van der Waals surface area contributed by atoms with Crippen molar-refractivity contribution in [2.24, 2.45) is 0 Å². The molecule has 0 spiro atoms. The Kier molecular flexibility index (Phi) is 7.98. The molecular formula is C35H44FN9O4S. The van der Waals surface area contributed by atoms with Gasteiger partial charge in [-0.2, -0.15) is 20.2 Å². The van der Waals surface area contributed by atoms with Gasteiger partial charge in [-0.15, -0.1) is 11.3 Å². The van der Waals surface area contributed by atoms with Crippen molar-refractivity contribution in [3.63, 3.8) is 0 Å². The minimum Gasteiger partial charge on any atom is -0.461 e. The summed E-state index contributed by atoms with van der Waals surface area (Å²) in [6.07, 6.45) is 5.36. The van der Waals surface area contributed by atoms with E-state index in [-0.39, 0.29) is 42.2 Å². The number of carbonyl (C=O) groups excluding carboxylic acids is 1. The Hall–Kier alpha value is -4.03. The lowest BCUT2D eigenvalue weighted by Gasteiger charge is -2.41. The summed E-state index contributed by atoms with van der Waals surface area (Å²) in [6.45, 7) is 10.4. The van der Waals surface area contributed by atoms with Crippen LogP contribution < -0.4 is 15.4 Å². The summed E-state index contributed by atoms with van der Waals surface area (Å²) in [5, 5.41) is 14.9. The highest BCUT2D eigenvalue weighted by Gasteiger charge is 2.50. The second-order valence-corrected chi connectivity index (χ2v) is 16.9. The van der Waals surface area contributed by atoms with Crippen LogP contribution in [0.2, 0.25) is 0 Å². The molecule has 5 aliphatic rings. The Bertz CT molecular complexity index is 1840. The average Bonchev–Trinajstić information content (AvgIpc) is 3.87. The monoisotopic (exact) mass is 705 g/mol. The van der Waals surface area contributed by atoms with E-state index in [1.54, 1.807) is 0 Å². The zero-order chi connectivity index (χ0) is 35.0. The van der Waals surface area contributed by atoms with Gasteiger partial charge < -0.3 is 24.6 Å². The molecule has 4 fully saturated rings. The molecule has 2 bridgehead atoms. The lowest BCUT2D eigenvalue weighted by atomic mass is 9.72. The largest absolute Gasteiger partial charge is 0.461 e. The van der Waals surface area contributed by atoms with Crippen LogP contribution in [0, 0.1) is 11.3 Å². The number of amides is 1. The van der Waals surface area contributed by atoms with Crippen molar-refractivity contribution in [1.29, 1.82) is 5.26 Å². The number of nitrogens with zero attached hydrogens (tertiary/aromatic N) is 8.